The van der Waals surface area contributed by atoms with Gasteiger partial charge in [0.25, 0.3) is 5.69 Å². The average Bonchev–Trinajstić information content (AvgIpc) is 2.47. The van der Waals surface area contributed by atoms with Crippen molar-refractivity contribution in [2.75, 3.05) is 0 Å². The molecule has 1 heterocycles. The Kier molecular flexibility index (Phi) is 2.80. The number of aromatic nitrogens is 1. The Morgan fingerprint density at radius 3 is 2.50 bits per heavy atom. The van der Waals surface area contributed by atoms with Crippen LogP contribution in [0.3, 0.4) is 0 Å². The number of nitro benzene ring substituents is 1. The second-order valence-corrected chi connectivity index (χ2v) is 4.40. The number of nitrogens with zero attached hydrogens (tertiary/aromatic N) is 2. The predicted molar refractivity (Wildman–Crippen MR) is 75.5 cm³/mol. The summed E-state index contributed by atoms with van der Waals surface area (Å²) >= 11 is 0. The number of nitro groups is 1. The molecule has 5 heteroatoms. The molecule has 1 N–H and O–H groups in total. The molecule has 0 radical (unpaired) electrons. The SMILES string of the molecule is O=[N+]([O-])c1ccc2c(-c3ccc(O)cc3)cncc2c1. The molecule has 1 aromatic heterocycles. The summed E-state index contributed by atoms with van der Waals surface area (Å²) in [6.45, 7) is 0. The van der Waals surface area contributed by atoms with Gasteiger partial charge in [0.1, 0.15) is 5.75 Å². The number of phenolic OH excluding ortho intramolecular Hbond substituents is 1. The van der Waals surface area contributed by atoms with Crippen molar-refractivity contribution in [1.82, 2.24) is 4.98 Å². The second-order valence-electron chi connectivity index (χ2n) is 4.40. The Morgan fingerprint density at radius 1 is 1.05 bits per heavy atom. The number of aromatic hydroxyl groups is 1. The van der Waals surface area contributed by atoms with Gasteiger partial charge in [-0.1, -0.05) is 12.1 Å². The second kappa shape index (κ2) is 4.62. The topological polar surface area (TPSA) is 76.3 Å². The summed E-state index contributed by atoms with van der Waals surface area (Å²) in [5.41, 5.74) is 1.81. The predicted octanol–water partition coefficient (Wildman–Crippen LogP) is 3.52. The molecule has 5 nitrogen and oxygen atoms in total. The highest BCUT2D eigenvalue weighted by molar-refractivity contribution is 5.96. The number of hydrogen-bond acceptors (Lipinski definition) is 4. The molecule has 0 unspecified atom stereocenters. The van der Waals surface area contributed by atoms with Crippen LogP contribution in [-0.2, 0) is 0 Å². The minimum Gasteiger partial charge on any atom is -0.508 e. The molecular formula is C15H10N2O3. The Labute approximate surface area is 114 Å². The van der Waals surface area contributed by atoms with E-state index >= 15 is 0 Å². The van der Waals surface area contributed by atoms with Crippen LogP contribution in [0.2, 0.25) is 0 Å². The van der Waals surface area contributed by atoms with Gasteiger partial charge in [-0.2, -0.15) is 0 Å². The normalized spacial score (nSPS) is 10.6. The molecule has 0 aliphatic heterocycles. The van der Waals surface area contributed by atoms with Gasteiger partial charge in [-0.25, -0.2) is 0 Å². The van der Waals surface area contributed by atoms with E-state index in [4.69, 9.17) is 0 Å². The van der Waals surface area contributed by atoms with Crippen molar-refractivity contribution in [3.8, 4) is 16.9 Å². The Hall–Kier alpha value is -2.95. The zero-order chi connectivity index (χ0) is 14.1. The van der Waals surface area contributed by atoms with Crippen LogP contribution in [0.4, 0.5) is 5.69 Å². The van der Waals surface area contributed by atoms with E-state index in [0.29, 0.717) is 5.39 Å². The van der Waals surface area contributed by atoms with E-state index in [0.717, 1.165) is 16.5 Å². The zero-order valence-corrected chi connectivity index (χ0v) is 10.4. The summed E-state index contributed by atoms with van der Waals surface area (Å²) in [7, 11) is 0. The molecular weight excluding hydrogens is 256 g/mol. The van der Waals surface area contributed by atoms with Gasteiger partial charge in [0, 0.05) is 35.5 Å². The summed E-state index contributed by atoms with van der Waals surface area (Å²) in [6.07, 6.45) is 3.31. The average molecular weight is 266 g/mol. The van der Waals surface area contributed by atoms with Crippen LogP contribution in [0.5, 0.6) is 5.75 Å². The molecule has 0 saturated heterocycles. The fourth-order valence-corrected chi connectivity index (χ4v) is 2.15. The molecule has 3 aromatic rings. The summed E-state index contributed by atoms with van der Waals surface area (Å²) in [6, 6.07) is 11.5. The molecule has 2 aromatic carbocycles. The third kappa shape index (κ3) is 2.05. The van der Waals surface area contributed by atoms with Gasteiger partial charge in [-0.15, -0.1) is 0 Å². The first kappa shape index (κ1) is 12.1. The number of rotatable bonds is 2. The van der Waals surface area contributed by atoms with E-state index in [9.17, 15) is 15.2 Å². The van der Waals surface area contributed by atoms with E-state index in [1.54, 1.807) is 42.7 Å². The third-order valence-electron chi connectivity index (χ3n) is 3.13. The van der Waals surface area contributed by atoms with Crippen molar-refractivity contribution in [2.45, 2.75) is 0 Å². The van der Waals surface area contributed by atoms with Crippen LogP contribution in [0, 0.1) is 10.1 Å². The van der Waals surface area contributed by atoms with Crippen molar-refractivity contribution in [3.05, 3.63) is 65.0 Å². The highest BCUT2D eigenvalue weighted by Gasteiger charge is 2.09. The molecule has 0 aliphatic carbocycles. The lowest BCUT2D eigenvalue weighted by atomic mass is 10.0. The molecule has 20 heavy (non-hydrogen) atoms. The lowest BCUT2D eigenvalue weighted by Crippen LogP contribution is -1.89. The maximum Gasteiger partial charge on any atom is 0.270 e. The fourth-order valence-electron chi connectivity index (χ4n) is 2.15. The zero-order valence-electron chi connectivity index (χ0n) is 10.4. The number of hydrogen-bond donors (Lipinski definition) is 1. The number of phenols is 1. The van der Waals surface area contributed by atoms with E-state index in [1.807, 2.05) is 0 Å². The van der Waals surface area contributed by atoms with Crippen LogP contribution in [0.1, 0.15) is 0 Å². The fraction of sp³-hybridized carbons (Fsp3) is 0. The monoisotopic (exact) mass is 266 g/mol. The smallest absolute Gasteiger partial charge is 0.270 e. The van der Waals surface area contributed by atoms with E-state index in [2.05, 4.69) is 4.98 Å². The number of pyridine rings is 1. The van der Waals surface area contributed by atoms with Gasteiger partial charge in [0.05, 0.1) is 4.92 Å². The molecule has 0 spiro atoms. The summed E-state index contributed by atoms with van der Waals surface area (Å²) in [4.78, 5) is 14.5. The van der Waals surface area contributed by atoms with Crippen LogP contribution in [0.15, 0.2) is 54.9 Å². The van der Waals surface area contributed by atoms with Crippen LogP contribution in [0.25, 0.3) is 21.9 Å². The van der Waals surface area contributed by atoms with Gasteiger partial charge in [-0.05, 0) is 29.1 Å². The van der Waals surface area contributed by atoms with Crippen molar-refractivity contribution >= 4 is 16.5 Å². The Balaban J connectivity index is 2.21. The van der Waals surface area contributed by atoms with Gasteiger partial charge >= 0.3 is 0 Å². The number of non-ortho nitro benzene ring substituents is 1. The highest BCUT2D eigenvalue weighted by Crippen LogP contribution is 2.30. The highest BCUT2D eigenvalue weighted by atomic mass is 16.6. The molecule has 3 rings (SSSR count). The van der Waals surface area contributed by atoms with E-state index in [-0.39, 0.29) is 11.4 Å². The molecule has 0 fully saturated rings. The maximum atomic E-state index is 10.8. The van der Waals surface area contributed by atoms with Gasteiger partial charge in [0.2, 0.25) is 0 Å². The molecule has 0 amide bonds. The molecule has 0 aliphatic rings. The van der Waals surface area contributed by atoms with E-state index in [1.165, 1.54) is 12.1 Å². The first-order valence-corrected chi connectivity index (χ1v) is 5.97. The van der Waals surface area contributed by atoms with E-state index < -0.39 is 4.92 Å². The van der Waals surface area contributed by atoms with Crippen LogP contribution >= 0.6 is 0 Å². The van der Waals surface area contributed by atoms with Crippen molar-refractivity contribution in [2.24, 2.45) is 0 Å². The summed E-state index contributed by atoms with van der Waals surface area (Å²) in [5.74, 6) is 0.192. The molecule has 0 atom stereocenters. The minimum atomic E-state index is -0.424. The van der Waals surface area contributed by atoms with Crippen LogP contribution < -0.4 is 0 Å². The quantitative estimate of drug-likeness (QED) is 0.568. The van der Waals surface area contributed by atoms with Gasteiger partial charge in [-0.3, -0.25) is 15.1 Å². The van der Waals surface area contributed by atoms with Crippen molar-refractivity contribution in [1.29, 1.82) is 0 Å². The number of benzene rings is 2. The van der Waals surface area contributed by atoms with Gasteiger partial charge < -0.3 is 5.11 Å². The van der Waals surface area contributed by atoms with Crippen molar-refractivity contribution < 1.29 is 10.0 Å². The molecule has 98 valence electrons. The molecule has 0 bridgehead atoms. The largest absolute Gasteiger partial charge is 0.508 e. The first-order valence-electron chi connectivity index (χ1n) is 5.97. The molecule has 0 saturated carbocycles. The van der Waals surface area contributed by atoms with Crippen molar-refractivity contribution in [3.63, 3.8) is 0 Å². The minimum absolute atomic E-state index is 0.0437. The first-order chi connectivity index (χ1) is 9.65. The standard InChI is InChI=1S/C15H10N2O3/c18-13-4-1-10(2-5-13)15-9-16-8-11-7-12(17(19)20)3-6-14(11)15/h1-9,18H. The van der Waals surface area contributed by atoms with Gasteiger partial charge in [0.15, 0.2) is 0 Å². The summed E-state index contributed by atoms with van der Waals surface area (Å²) < 4.78 is 0. The Morgan fingerprint density at radius 2 is 1.80 bits per heavy atom. The Bertz CT molecular complexity index is 798. The lowest BCUT2D eigenvalue weighted by Gasteiger charge is -2.06. The van der Waals surface area contributed by atoms with Crippen LogP contribution in [-0.4, -0.2) is 15.0 Å². The lowest BCUT2D eigenvalue weighted by molar-refractivity contribution is -0.384. The number of fused-ring (bicyclic) bond motifs is 1. The summed E-state index contributed by atoms with van der Waals surface area (Å²) in [5, 5.41) is 21.7. The third-order valence-corrected chi connectivity index (χ3v) is 3.13. The maximum absolute atomic E-state index is 10.8.